The van der Waals surface area contributed by atoms with Crippen molar-refractivity contribution in [1.82, 2.24) is 5.32 Å². The summed E-state index contributed by atoms with van der Waals surface area (Å²) >= 11 is 3.47. The summed E-state index contributed by atoms with van der Waals surface area (Å²) in [5, 5.41) is 14.4. The maximum absolute atomic E-state index is 10.8. The Bertz CT molecular complexity index is 525. The lowest BCUT2D eigenvalue weighted by atomic mass is 9.98. The van der Waals surface area contributed by atoms with Crippen LogP contribution in [0.25, 0.3) is 0 Å². The van der Waals surface area contributed by atoms with Crippen LogP contribution in [-0.2, 0) is 0 Å². The van der Waals surface area contributed by atoms with E-state index < -0.39 is 0 Å². The number of piperidine rings is 1. The number of nitro benzene ring substituents is 1. The van der Waals surface area contributed by atoms with Crippen LogP contribution in [-0.4, -0.2) is 30.1 Å². The molecule has 0 amide bonds. The van der Waals surface area contributed by atoms with E-state index >= 15 is 0 Å². The van der Waals surface area contributed by atoms with Gasteiger partial charge < -0.3 is 10.2 Å². The average Bonchev–Trinajstić information content (AvgIpc) is 2.76. The molecular weight excluding hydrogens is 322 g/mol. The Kier molecular flexibility index (Phi) is 3.69. The number of nitro groups is 1. The summed E-state index contributed by atoms with van der Waals surface area (Å²) in [6, 6.07) is 6.78. The second kappa shape index (κ2) is 5.33. The number of halogens is 1. The summed E-state index contributed by atoms with van der Waals surface area (Å²) in [6.45, 7) is 0. The molecule has 5 nitrogen and oxygen atoms in total. The van der Waals surface area contributed by atoms with Crippen molar-refractivity contribution < 1.29 is 4.92 Å². The van der Waals surface area contributed by atoms with Gasteiger partial charge in [0, 0.05) is 41.8 Å². The van der Waals surface area contributed by atoms with Crippen LogP contribution < -0.4 is 10.2 Å². The smallest absolute Gasteiger partial charge is 0.270 e. The van der Waals surface area contributed by atoms with Crippen LogP contribution in [0.5, 0.6) is 0 Å². The first kappa shape index (κ1) is 13.8. The van der Waals surface area contributed by atoms with Gasteiger partial charge in [0.2, 0.25) is 0 Å². The Labute approximate surface area is 126 Å². The fourth-order valence-electron chi connectivity index (χ4n) is 3.44. The molecule has 2 bridgehead atoms. The number of non-ortho nitro benzene ring substituents is 1. The topological polar surface area (TPSA) is 58.4 Å². The maximum atomic E-state index is 10.8. The standard InChI is InChI=1S/C14H18BrN3O2/c1-17(12-6-9-2-3-10(7-12)16-9)14-5-4-11(18(19)20)8-13(14)15/h4-5,8-10,12,16H,2-3,6-7H2,1H3. The van der Waals surface area contributed by atoms with Crippen LogP contribution >= 0.6 is 15.9 Å². The summed E-state index contributed by atoms with van der Waals surface area (Å²) in [6.07, 6.45) is 4.85. The molecule has 2 heterocycles. The van der Waals surface area contributed by atoms with E-state index in [1.807, 2.05) is 6.07 Å². The van der Waals surface area contributed by atoms with Crippen LogP contribution in [0.4, 0.5) is 11.4 Å². The second-order valence-electron chi connectivity index (χ2n) is 5.77. The van der Waals surface area contributed by atoms with Crippen molar-refractivity contribution >= 4 is 27.3 Å². The molecule has 2 atom stereocenters. The molecule has 1 aromatic carbocycles. The van der Waals surface area contributed by atoms with E-state index in [4.69, 9.17) is 0 Å². The quantitative estimate of drug-likeness (QED) is 0.679. The molecule has 2 saturated heterocycles. The highest BCUT2D eigenvalue weighted by molar-refractivity contribution is 9.10. The zero-order valence-electron chi connectivity index (χ0n) is 11.4. The monoisotopic (exact) mass is 339 g/mol. The fourth-order valence-corrected chi connectivity index (χ4v) is 4.08. The Morgan fingerprint density at radius 3 is 2.55 bits per heavy atom. The number of hydrogen-bond acceptors (Lipinski definition) is 4. The SMILES string of the molecule is CN(c1ccc([N+](=O)[O-])cc1Br)C1CC2CCC(C1)N2. The third kappa shape index (κ3) is 2.54. The van der Waals surface area contributed by atoms with E-state index in [1.165, 1.54) is 12.8 Å². The molecule has 2 fully saturated rings. The van der Waals surface area contributed by atoms with Crippen LogP contribution in [0.1, 0.15) is 25.7 Å². The Balaban J connectivity index is 1.80. The molecule has 0 aromatic heterocycles. The van der Waals surface area contributed by atoms with Crippen molar-refractivity contribution in [2.75, 3.05) is 11.9 Å². The normalized spacial score (nSPS) is 28.4. The largest absolute Gasteiger partial charge is 0.371 e. The molecule has 1 aromatic rings. The van der Waals surface area contributed by atoms with Gasteiger partial charge in [-0.1, -0.05) is 0 Å². The highest BCUT2D eigenvalue weighted by Crippen LogP contribution is 2.35. The van der Waals surface area contributed by atoms with E-state index in [2.05, 4.69) is 33.2 Å². The number of nitrogens with zero attached hydrogens (tertiary/aromatic N) is 2. The number of benzene rings is 1. The minimum absolute atomic E-state index is 0.124. The molecule has 3 rings (SSSR count). The van der Waals surface area contributed by atoms with Gasteiger partial charge in [0.25, 0.3) is 5.69 Å². The number of hydrogen-bond donors (Lipinski definition) is 1. The van der Waals surface area contributed by atoms with Crippen LogP contribution in [0, 0.1) is 10.1 Å². The molecule has 0 spiro atoms. The molecule has 1 N–H and O–H groups in total. The van der Waals surface area contributed by atoms with Gasteiger partial charge in [0.15, 0.2) is 0 Å². The van der Waals surface area contributed by atoms with E-state index in [-0.39, 0.29) is 10.6 Å². The number of rotatable bonds is 3. The van der Waals surface area contributed by atoms with Crippen molar-refractivity contribution in [2.45, 2.75) is 43.8 Å². The highest BCUT2D eigenvalue weighted by Gasteiger charge is 2.35. The molecule has 0 aliphatic carbocycles. The van der Waals surface area contributed by atoms with Gasteiger partial charge in [-0.2, -0.15) is 0 Å². The lowest BCUT2D eigenvalue weighted by molar-refractivity contribution is -0.384. The average molecular weight is 340 g/mol. The first-order valence-corrected chi connectivity index (χ1v) is 7.76. The second-order valence-corrected chi connectivity index (χ2v) is 6.62. The Morgan fingerprint density at radius 1 is 1.35 bits per heavy atom. The van der Waals surface area contributed by atoms with Crippen molar-refractivity contribution in [3.05, 3.63) is 32.8 Å². The van der Waals surface area contributed by atoms with E-state index in [0.717, 1.165) is 23.0 Å². The van der Waals surface area contributed by atoms with Gasteiger partial charge in [-0.25, -0.2) is 0 Å². The summed E-state index contributed by atoms with van der Waals surface area (Å²) in [7, 11) is 2.08. The molecule has 0 radical (unpaired) electrons. The van der Waals surface area contributed by atoms with Crippen LogP contribution in [0.3, 0.4) is 0 Å². The Hall–Kier alpha value is -1.14. The first-order valence-electron chi connectivity index (χ1n) is 6.97. The van der Waals surface area contributed by atoms with Gasteiger partial charge in [-0.05, 0) is 47.7 Å². The first-order chi connectivity index (χ1) is 9.54. The highest BCUT2D eigenvalue weighted by atomic mass is 79.9. The van der Waals surface area contributed by atoms with Crippen molar-refractivity contribution in [3.63, 3.8) is 0 Å². The summed E-state index contributed by atoms with van der Waals surface area (Å²) in [5.74, 6) is 0. The van der Waals surface area contributed by atoms with Gasteiger partial charge in [-0.3, -0.25) is 10.1 Å². The van der Waals surface area contributed by atoms with E-state index in [9.17, 15) is 10.1 Å². The lowest BCUT2D eigenvalue weighted by Gasteiger charge is -2.37. The van der Waals surface area contributed by atoms with Crippen LogP contribution in [0.2, 0.25) is 0 Å². The zero-order chi connectivity index (χ0) is 14.3. The predicted molar refractivity (Wildman–Crippen MR) is 82.2 cm³/mol. The molecular formula is C14H18BrN3O2. The molecule has 0 saturated carbocycles. The molecule has 6 heteroatoms. The fraction of sp³-hybridized carbons (Fsp3) is 0.571. The van der Waals surface area contributed by atoms with E-state index in [0.29, 0.717) is 18.1 Å². The molecule has 2 aliphatic heterocycles. The molecule has 108 valence electrons. The van der Waals surface area contributed by atoms with Gasteiger partial charge in [-0.15, -0.1) is 0 Å². The Morgan fingerprint density at radius 2 is 2.00 bits per heavy atom. The van der Waals surface area contributed by atoms with Crippen molar-refractivity contribution in [2.24, 2.45) is 0 Å². The predicted octanol–water partition coefficient (Wildman–Crippen LogP) is 3.08. The minimum Gasteiger partial charge on any atom is -0.371 e. The van der Waals surface area contributed by atoms with Crippen molar-refractivity contribution in [1.29, 1.82) is 0 Å². The third-order valence-electron chi connectivity index (χ3n) is 4.52. The van der Waals surface area contributed by atoms with Gasteiger partial charge >= 0.3 is 0 Å². The lowest BCUT2D eigenvalue weighted by Crippen LogP contribution is -2.47. The van der Waals surface area contributed by atoms with Crippen molar-refractivity contribution in [3.8, 4) is 0 Å². The number of anilines is 1. The summed E-state index contributed by atoms with van der Waals surface area (Å²) < 4.78 is 0.792. The van der Waals surface area contributed by atoms with Gasteiger partial charge in [0.1, 0.15) is 0 Å². The summed E-state index contributed by atoms with van der Waals surface area (Å²) in [5.41, 5.74) is 1.15. The third-order valence-corrected chi connectivity index (χ3v) is 5.15. The zero-order valence-corrected chi connectivity index (χ0v) is 13.0. The summed E-state index contributed by atoms with van der Waals surface area (Å²) in [4.78, 5) is 12.7. The number of fused-ring (bicyclic) bond motifs is 2. The molecule has 2 unspecified atom stereocenters. The van der Waals surface area contributed by atoms with E-state index in [1.54, 1.807) is 12.1 Å². The molecule has 2 aliphatic rings. The minimum atomic E-state index is -0.362. The van der Waals surface area contributed by atoms with Crippen LogP contribution in [0.15, 0.2) is 22.7 Å². The maximum Gasteiger partial charge on any atom is 0.270 e. The van der Waals surface area contributed by atoms with Gasteiger partial charge in [0.05, 0.1) is 10.6 Å². The number of nitrogens with one attached hydrogen (secondary N) is 1. The molecule has 20 heavy (non-hydrogen) atoms.